The van der Waals surface area contributed by atoms with Gasteiger partial charge in [-0.2, -0.15) is 0 Å². The molecule has 0 aliphatic rings. The molecule has 0 aromatic heterocycles. The molecule has 22 heavy (non-hydrogen) atoms. The maximum atomic E-state index is 4.63. The molecule has 0 radical (unpaired) electrons. The minimum Gasteiger partial charge on any atom is -0.287 e. The molecule has 2 nitrogen and oxygen atoms in total. The number of hydrogen-bond acceptors (Lipinski definition) is 2. The van der Waals surface area contributed by atoms with Crippen LogP contribution in [0.15, 0.2) is 28.2 Å². The van der Waals surface area contributed by atoms with E-state index in [-0.39, 0.29) is 16.5 Å². The van der Waals surface area contributed by atoms with Crippen LogP contribution in [-0.2, 0) is 5.41 Å². The van der Waals surface area contributed by atoms with E-state index in [1.165, 1.54) is 5.56 Å². The third kappa shape index (κ3) is 7.02. The van der Waals surface area contributed by atoms with Crippen LogP contribution in [0, 0.1) is 0 Å². The summed E-state index contributed by atoms with van der Waals surface area (Å²) < 4.78 is 0. The van der Waals surface area contributed by atoms with E-state index in [9.17, 15) is 0 Å². The summed E-state index contributed by atoms with van der Waals surface area (Å²) >= 11 is 0. The Kier molecular flexibility index (Phi) is 5.38. The fraction of sp³-hybridized carbons (Fsp3) is 0.600. The van der Waals surface area contributed by atoms with Crippen molar-refractivity contribution in [2.75, 3.05) is 0 Å². The molecule has 0 saturated carbocycles. The molecule has 0 aliphatic carbocycles. The van der Waals surface area contributed by atoms with E-state index in [1.807, 2.05) is 12.4 Å². The van der Waals surface area contributed by atoms with Gasteiger partial charge in [0.05, 0.1) is 11.1 Å². The third-order valence-corrected chi connectivity index (χ3v) is 3.05. The highest BCUT2D eigenvalue weighted by atomic mass is 14.8. The zero-order valence-electron chi connectivity index (χ0n) is 15.8. The molecule has 0 atom stereocenters. The summed E-state index contributed by atoms with van der Waals surface area (Å²) in [6.45, 7) is 19.4. The molecule has 0 bridgehead atoms. The van der Waals surface area contributed by atoms with Crippen LogP contribution in [0.25, 0.3) is 0 Å². The summed E-state index contributed by atoms with van der Waals surface area (Å²) in [6.07, 6.45) is 3.95. The Hall–Kier alpha value is -1.44. The van der Waals surface area contributed by atoms with Crippen LogP contribution in [0.5, 0.6) is 0 Å². The predicted octanol–water partition coefficient (Wildman–Crippen LogP) is 5.42. The van der Waals surface area contributed by atoms with Gasteiger partial charge in [-0.05, 0) is 81.8 Å². The molecule has 0 unspecified atom stereocenters. The monoisotopic (exact) mass is 300 g/mol. The van der Waals surface area contributed by atoms with Crippen LogP contribution >= 0.6 is 0 Å². The van der Waals surface area contributed by atoms with Crippen molar-refractivity contribution in [3.8, 4) is 0 Å². The summed E-state index contributed by atoms with van der Waals surface area (Å²) in [5.41, 5.74) is 3.57. The lowest BCUT2D eigenvalue weighted by atomic mass is 9.85. The lowest BCUT2D eigenvalue weighted by Gasteiger charge is -2.21. The van der Waals surface area contributed by atoms with Gasteiger partial charge in [-0.15, -0.1) is 0 Å². The number of rotatable bonds is 2. The highest BCUT2D eigenvalue weighted by Crippen LogP contribution is 2.24. The van der Waals surface area contributed by atoms with E-state index in [4.69, 9.17) is 0 Å². The largest absolute Gasteiger partial charge is 0.287 e. The average molecular weight is 300 g/mol. The zero-order valence-corrected chi connectivity index (χ0v) is 15.8. The summed E-state index contributed by atoms with van der Waals surface area (Å²) in [7, 11) is 0. The Bertz CT molecular complexity index is 517. The molecule has 2 heteroatoms. The Morgan fingerprint density at radius 1 is 0.636 bits per heavy atom. The van der Waals surface area contributed by atoms with Gasteiger partial charge in [0, 0.05) is 12.4 Å². The molecule has 0 N–H and O–H groups in total. The number of nitrogens with zero attached hydrogens (tertiary/aromatic N) is 2. The van der Waals surface area contributed by atoms with Crippen LogP contribution < -0.4 is 0 Å². The van der Waals surface area contributed by atoms with Gasteiger partial charge in [-0.25, -0.2) is 0 Å². The quantitative estimate of drug-likeness (QED) is 0.652. The fourth-order valence-corrected chi connectivity index (χ4v) is 1.80. The van der Waals surface area contributed by atoms with Gasteiger partial charge in [0.1, 0.15) is 0 Å². The molecule has 0 amide bonds. The Labute approximate surface area is 136 Å². The van der Waals surface area contributed by atoms with E-state index >= 15 is 0 Å². The molecule has 0 aliphatic heterocycles. The van der Waals surface area contributed by atoms with E-state index in [0.29, 0.717) is 0 Å². The number of aliphatic imine (C=N–C) groups is 2. The Morgan fingerprint density at radius 2 is 1.00 bits per heavy atom. The first-order valence-electron chi connectivity index (χ1n) is 8.02. The smallest absolute Gasteiger partial charge is 0.0524 e. The van der Waals surface area contributed by atoms with Crippen LogP contribution in [-0.4, -0.2) is 23.5 Å². The molecule has 0 spiro atoms. The van der Waals surface area contributed by atoms with Gasteiger partial charge >= 0.3 is 0 Å². The van der Waals surface area contributed by atoms with Gasteiger partial charge in [-0.1, -0.05) is 20.8 Å². The van der Waals surface area contributed by atoms with Crippen molar-refractivity contribution >= 4 is 12.4 Å². The van der Waals surface area contributed by atoms with Gasteiger partial charge in [0.25, 0.3) is 0 Å². The van der Waals surface area contributed by atoms with E-state index in [1.54, 1.807) is 0 Å². The van der Waals surface area contributed by atoms with Gasteiger partial charge in [-0.3, -0.25) is 9.98 Å². The van der Waals surface area contributed by atoms with E-state index in [2.05, 4.69) is 90.5 Å². The number of benzene rings is 1. The van der Waals surface area contributed by atoms with Crippen molar-refractivity contribution in [1.82, 2.24) is 0 Å². The first-order chi connectivity index (χ1) is 9.76. The maximum absolute atomic E-state index is 4.63. The second-order valence-electron chi connectivity index (χ2n) is 9.00. The first kappa shape index (κ1) is 18.6. The minimum absolute atomic E-state index is 0.0581. The maximum Gasteiger partial charge on any atom is 0.0524 e. The van der Waals surface area contributed by atoms with Gasteiger partial charge < -0.3 is 0 Å². The third-order valence-electron chi connectivity index (χ3n) is 3.05. The normalized spacial score (nSPS) is 14.2. The summed E-state index contributed by atoms with van der Waals surface area (Å²) in [5, 5.41) is 0. The summed E-state index contributed by atoms with van der Waals surface area (Å²) in [4.78, 5) is 9.26. The lowest BCUT2D eigenvalue weighted by molar-refractivity contribution is 0.585. The zero-order chi connectivity index (χ0) is 17.2. The van der Waals surface area contributed by atoms with Crippen molar-refractivity contribution in [3.63, 3.8) is 0 Å². The Morgan fingerprint density at radius 3 is 1.27 bits per heavy atom. The molecule has 122 valence electrons. The summed E-state index contributed by atoms with van der Waals surface area (Å²) in [6, 6.07) is 6.60. The van der Waals surface area contributed by atoms with E-state index in [0.717, 1.165) is 11.1 Å². The van der Waals surface area contributed by atoms with Crippen molar-refractivity contribution in [1.29, 1.82) is 0 Å². The molecular formula is C20H32N2. The molecule has 0 heterocycles. The van der Waals surface area contributed by atoms with Crippen molar-refractivity contribution in [3.05, 3.63) is 34.9 Å². The second kappa shape index (κ2) is 6.36. The van der Waals surface area contributed by atoms with Crippen molar-refractivity contribution in [2.45, 2.75) is 78.8 Å². The summed E-state index contributed by atoms with van der Waals surface area (Å²) in [5.74, 6) is 0. The Balaban J connectivity index is 3.29. The second-order valence-corrected chi connectivity index (χ2v) is 9.00. The molecule has 0 fully saturated rings. The van der Waals surface area contributed by atoms with Crippen molar-refractivity contribution in [2.24, 2.45) is 9.98 Å². The SMILES string of the molecule is CC(C)(C)N=Cc1cc(C=NC(C)(C)C)cc(C(C)(C)C)c1. The lowest BCUT2D eigenvalue weighted by Crippen LogP contribution is -2.14. The fourth-order valence-electron chi connectivity index (χ4n) is 1.80. The van der Waals surface area contributed by atoms with Crippen LogP contribution in [0.4, 0.5) is 0 Å². The molecule has 1 aromatic carbocycles. The minimum atomic E-state index is -0.0581. The van der Waals surface area contributed by atoms with Crippen LogP contribution in [0.3, 0.4) is 0 Å². The van der Waals surface area contributed by atoms with Crippen molar-refractivity contribution < 1.29 is 0 Å². The van der Waals surface area contributed by atoms with E-state index < -0.39 is 0 Å². The highest BCUT2D eigenvalue weighted by Gasteiger charge is 2.15. The topological polar surface area (TPSA) is 24.7 Å². The predicted molar refractivity (Wildman–Crippen MR) is 99.8 cm³/mol. The molecule has 0 saturated heterocycles. The van der Waals surface area contributed by atoms with Gasteiger partial charge in [0.2, 0.25) is 0 Å². The van der Waals surface area contributed by atoms with Gasteiger partial charge in [0.15, 0.2) is 0 Å². The average Bonchev–Trinajstić information content (AvgIpc) is 2.31. The standard InChI is InChI=1S/C20H32N2/c1-18(2,3)17-11-15(13-21-19(4,5)6)10-16(12-17)14-22-20(7,8)9/h10-14H,1-9H3. The molecule has 1 aromatic rings. The molecule has 1 rings (SSSR count). The van der Waals surface area contributed by atoms with Crippen LogP contribution in [0.1, 0.15) is 79.0 Å². The number of hydrogen-bond donors (Lipinski definition) is 0. The molecular weight excluding hydrogens is 268 g/mol. The van der Waals surface area contributed by atoms with Crippen LogP contribution in [0.2, 0.25) is 0 Å². The highest BCUT2D eigenvalue weighted by molar-refractivity contribution is 5.87. The first-order valence-corrected chi connectivity index (χ1v) is 8.02.